The van der Waals surface area contributed by atoms with Crippen LogP contribution >= 0.6 is 11.3 Å². The van der Waals surface area contributed by atoms with Crippen LogP contribution in [0.3, 0.4) is 0 Å². The Morgan fingerprint density at radius 3 is 2.80 bits per heavy atom. The molecule has 1 aromatic carbocycles. The first-order valence-electron chi connectivity index (χ1n) is 6.37. The van der Waals surface area contributed by atoms with Gasteiger partial charge in [-0.25, -0.2) is 4.79 Å². The van der Waals surface area contributed by atoms with E-state index in [1.54, 1.807) is 23.5 Å². The predicted octanol–water partition coefficient (Wildman–Crippen LogP) is 3.10. The first-order chi connectivity index (χ1) is 9.49. The Hall–Kier alpha value is -2.01. The van der Waals surface area contributed by atoms with Crippen molar-refractivity contribution in [3.63, 3.8) is 0 Å². The molecule has 106 valence electrons. The Morgan fingerprint density at radius 1 is 1.45 bits per heavy atom. The molecule has 0 saturated heterocycles. The van der Waals surface area contributed by atoms with E-state index in [9.17, 15) is 9.90 Å². The summed E-state index contributed by atoms with van der Waals surface area (Å²) in [5.74, 6) is -0.956. The number of carboxylic acids is 1. The fourth-order valence-electron chi connectivity index (χ4n) is 2.13. The molecule has 0 spiro atoms. The first-order valence-corrected chi connectivity index (χ1v) is 7.25. The third-order valence-corrected chi connectivity index (χ3v) is 4.27. The summed E-state index contributed by atoms with van der Waals surface area (Å²) in [6.45, 7) is 2.09. The maximum absolute atomic E-state index is 11.3. The molecule has 0 fully saturated rings. The van der Waals surface area contributed by atoms with Crippen molar-refractivity contribution in [3.05, 3.63) is 46.2 Å². The van der Waals surface area contributed by atoms with Crippen molar-refractivity contribution in [2.24, 2.45) is 0 Å². The Labute approximate surface area is 122 Å². The van der Waals surface area contributed by atoms with Crippen LogP contribution in [-0.4, -0.2) is 24.2 Å². The van der Waals surface area contributed by atoms with E-state index in [4.69, 9.17) is 5.73 Å². The van der Waals surface area contributed by atoms with Crippen LogP contribution in [0.2, 0.25) is 0 Å². The lowest BCUT2D eigenvalue weighted by atomic mass is 10.1. The van der Waals surface area contributed by atoms with Gasteiger partial charge in [0.2, 0.25) is 0 Å². The number of nitrogen functional groups attached to an aromatic ring is 1. The van der Waals surface area contributed by atoms with Crippen molar-refractivity contribution in [1.29, 1.82) is 0 Å². The highest BCUT2D eigenvalue weighted by Gasteiger charge is 2.18. The summed E-state index contributed by atoms with van der Waals surface area (Å²) in [6, 6.07) is 9.33. The number of nitrogens with zero attached hydrogens (tertiary/aromatic N) is 1. The number of benzene rings is 1. The molecule has 4 nitrogen and oxygen atoms in total. The average molecular weight is 290 g/mol. The Morgan fingerprint density at radius 2 is 2.20 bits per heavy atom. The van der Waals surface area contributed by atoms with Crippen LogP contribution in [0.15, 0.2) is 35.7 Å². The number of likely N-dealkylation sites (N-methyl/N-ethyl adjacent to an activating group) is 1. The molecule has 20 heavy (non-hydrogen) atoms. The van der Waals surface area contributed by atoms with Gasteiger partial charge in [-0.05, 0) is 36.6 Å². The number of aromatic carboxylic acids is 1. The molecule has 2 aromatic rings. The number of carbonyl (C=O) groups is 1. The first kappa shape index (κ1) is 14.4. The van der Waals surface area contributed by atoms with Crippen LogP contribution in [-0.2, 0) is 6.42 Å². The molecule has 1 aromatic heterocycles. The Bertz CT molecular complexity index is 596. The van der Waals surface area contributed by atoms with Crippen LogP contribution in [0.4, 0.5) is 11.4 Å². The molecule has 2 rings (SSSR count). The topological polar surface area (TPSA) is 66.6 Å². The van der Waals surface area contributed by atoms with Gasteiger partial charge in [-0.2, -0.15) is 0 Å². The summed E-state index contributed by atoms with van der Waals surface area (Å²) in [7, 11) is 1.91. The van der Waals surface area contributed by atoms with Gasteiger partial charge in [0, 0.05) is 30.1 Å². The van der Waals surface area contributed by atoms with Crippen LogP contribution in [0.5, 0.6) is 0 Å². The third-order valence-electron chi connectivity index (χ3n) is 3.37. The maximum Gasteiger partial charge on any atom is 0.337 e. The number of nitrogens with two attached hydrogens (primary N) is 1. The second kappa shape index (κ2) is 5.96. The molecule has 1 unspecified atom stereocenters. The van der Waals surface area contributed by atoms with Gasteiger partial charge in [0.15, 0.2) is 0 Å². The lowest BCUT2D eigenvalue weighted by molar-refractivity contribution is 0.0697. The minimum atomic E-state index is -0.956. The molecular formula is C15H18N2O2S. The van der Waals surface area contributed by atoms with Crippen LogP contribution < -0.4 is 10.6 Å². The normalized spacial score (nSPS) is 12.1. The number of carboxylic acid groups (broad SMARTS) is 1. The maximum atomic E-state index is 11.3. The van der Waals surface area contributed by atoms with E-state index in [1.807, 2.05) is 23.4 Å². The highest BCUT2D eigenvalue weighted by Crippen LogP contribution is 2.25. The SMILES string of the molecule is CC(Cc1cccs1)N(C)c1ccc(N)cc1C(=O)O. The van der Waals surface area contributed by atoms with Crippen LogP contribution in [0.1, 0.15) is 22.2 Å². The lowest BCUT2D eigenvalue weighted by Crippen LogP contribution is -2.31. The predicted molar refractivity (Wildman–Crippen MR) is 83.7 cm³/mol. The minimum absolute atomic E-state index is 0.204. The van der Waals surface area contributed by atoms with Gasteiger partial charge >= 0.3 is 5.97 Å². The Kier molecular flexibility index (Phi) is 4.29. The third kappa shape index (κ3) is 3.11. The summed E-state index contributed by atoms with van der Waals surface area (Å²) in [6.07, 6.45) is 0.887. The smallest absolute Gasteiger partial charge is 0.337 e. The standard InChI is InChI=1S/C15H18N2O2S/c1-10(8-12-4-3-7-20-12)17(2)14-6-5-11(16)9-13(14)15(18)19/h3-7,9-10H,8,16H2,1-2H3,(H,18,19). The number of hydrogen-bond donors (Lipinski definition) is 2. The van der Waals surface area contributed by atoms with Gasteiger partial charge in [-0.15, -0.1) is 11.3 Å². The zero-order chi connectivity index (χ0) is 14.7. The largest absolute Gasteiger partial charge is 0.478 e. The fraction of sp³-hybridized carbons (Fsp3) is 0.267. The number of thiophene rings is 1. The Balaban J connectivity index is 2.24. The van der Waals surface area contributed by atoms with Crippen LogP contribution in [0.25, 0.3) is 0 Å². The van der Waals surface area contributed by atoms with E-state index < -0.39 is 5.97 Å². The van der Waals surface area contributed by atoms with Crippen molar-refractivity contribution in [2.45, 2.75) is 19.4 Å². The van der Waals surface area contributed by atoms with E-state index in [-0.39, 0.29) is 11.6 Å². The molecule has 0 saturated carbocycles. The number of rotatable bonds is 5. The van der Waals surface area contributed by atoms with Gasteiger partial charge in [-0.1, -0.05) is 6.07 Å². The minimum Gasteiger partial charge on any atom is -0.478 e. The number of anilines is 2. The van der Waals surface area contributed by atoms with Gasteiger partial charge < -0.3 is 15.7 Å². The molecule has 5 heteroatoms. The van der Waals surface area contributed by atoms with Gasteiger partial charge in [-0.3, -0.25) is 0 Å². The van der Waals surface area contributed by atoms with Crippen LogP contribution in [0, 0.1) is 0 Å². The number of hydrogen-bond acceptors (Lipinski definition) is 4. The highest BCUT2D eigenvalue weighted by molar-refractivity contribution is 7.09. The van der Waals surface area contributed by atoms with Gasteiger partial charge in [0.25, 0.3) is 0 Å². The molecule has 0 bridgehead atoms. The lowest BCUT2D eigenvalue weighted by Gasteiger charge is -2.28. The average Bonchev–Trinajstić information content (AvgIpc) is 2.90. The molecule has 3 N–H and O–H groups in total. The monoisotopic (exact) mass is 290 g/mol. The highest BCUT2D eigenvalue weighted by atomic mass is 32.1. The zero-order valence-corrected chi connectivity index (χ0v) is 12.4. The molecular weight excluding hydrogens is 272 g/mol. The van der Waals surface area contributed by atoms with Gasteiger partial charge in [0.05, 0.1) is 11.3 Å². The molecule has 1 atom stereocenters. The van der Waals surface area contributed by atoms with Crippen molar-refractivity contribution >= 4 is 28.7 Å². The van der Waals surface area contributed by atoms with E-state index in [0.29, 0.717) is 11.4 Å². The zero-order valence-electron chi connectivity index (χ0n) is 11.5. The second-order valence-electron chi connectivity index (χ2n) is 4.83. The van der Waals surface area contributed by atoms with Crippen molar-refractivity contribution in [1.82, 2.24) is 0 Å². The summed E-state index contributed by atoms with van der Waals surface area (Å²) in [5, 5.41) is 11.3. The summed E-state index contributed by atoms with van der Waals surface area (Å²) < 4.78 is 0. The fourth-order valence-corrected chi connectivity index (χ4v) is 2.95. The van der Waals surface area contributed by atoms with Gasteiger partial charge in [0.1, 0.15) is 0 Å². The van der Waals surface area contributed by atoms with E-state index >= 15 is 0 Å². The van der Waals surface area contributed by atoms with Crippen molar-refractivity contribution in [2.75, 3.05) is 17.7 Å². The molecule has 0 amide bonds. The molecule has 0 aliphatic heterocycles. The second-order valence-corrected chi connectivity index (χ2v) is 5.86. The van der Waals surface area contributed by atoms with E-state index in [1.165, 1.54) is 10.9 Å². The quantitative estimate of drug-likeness (QED) is 0.830. The van der Waals surface area contributed by atoms with Crippen molar-refractivity contribution < 1.29 is 9.90 Å². The molecule has 1 heterocycles. The van der Waals surface area contributed by atoms with Crippen molar-refractivity contribution in [3.8, 4) is 0 Å². The summed E-state index contributed by atoms with van der Waals surface area (Å²) in [5.41, 5.74) is 7.07. The molecule has 0 aliphatic rings. The van der Waals surface area contributed by atoms with E-state index in [2.05, 4.69) is 13.0 Å². The summed E-state index contributed by atoms with van der Waals surface area (Å²) in [4.78, 5) is 14.6. The molecule has 0 aliphatic carbocycles. The molecule has 0 radical (unpaired) electrons. The summed E-state index contributed by atoms with van der Waals surface area (Å²) >= 11 is 1.71. The van der Waals surface area contributed by atoms with E-state index in [0.717, 1.165) is 6.42 Å².